The van der Waals surface area contributed by atoms with Gasteiger partial charge in [0.2, 0.25) is 0 Å². The smallest absolute Gasteiger partial charge is 0.261 e. The maximum Gasteiger partial charge on any atom is 0.261 e. The van der Waals surface area contributed by atoms with Gasteiger partial charge < -0.3 is 19.9 Å². The van der Waals surface area contributed by atoms with E-state index in [0.29, 0.717) is 58.9 Å². The third-order valence-electron chi connectivity index (χ3n) is 6.48. The Labute approximate surface area is 231 Å². The second kappa shape index (κ2) is 11.1. The molecule has 4 heterocycles. The summed E-state index contributed by atoms with van der Waals surface area (Å²) in [5.41, 5.74) is 4.10. The van der Waals surface area contributed by atoms with E-state index >= 15 is 0 Å². The lowest BCUT2D eigenvalue weighted by atomic mass is 10.1. The van der Waals surface area contributed by atoms with Gasteiger partial charge in [0.05, 0.1) is 23.4 Å². The number of anilines is 4. The molecule has 1 aromatic carbocycles. The number of aromatic nitrogens is 3. The van der Waals surface area contributed by atoms with Gasteiger partial charge in [-0.15, -0.1) is 0 Å². The number of halogens is 1. The molecular formula is C29H27ClN6O3. The first-order valence-corrected chi connectivity index (χ1v) is 12.9. The quantitative estimate of drug-likeness (QED) is 0.310. The van der Waals surface area contributed by atoms with Crippen molar-refractivity contribution < 1.29 is 14.3 Å². The summed E-state index contributed by atoms with van der Waals surface area (Å²) in [6, 6.07) is 14.2. The number of pyridine rings is 3. The monoisotopic (exact) mass is 542 g/mol. The van der Waals surface area contributed by atoms with E-state index in [1.54, 1.807) is 42.5 Å². The Hall–Kier alpha value is -4.50. The van der Waals surface area contributed by atoms with Gasteiger partial charge in [0.25, 0.3) is 11.8 Å². The molecule has 0 saturated carbocycles. The molecule has 0 bridgehead atoms. The molecule has 3 aromatic heterocycles. The van der Waals surface area contributed by atoms with Crippen LogP contribution in [-0.2, 0) is 6.42 Å². The first kappa shape index (κ1) is 26.1. The summed E-state index contributed by atoms with van der Waals surface area (Å²) in [4.78, 5) is 42.5. The number of nitrogens with zero attached hydrogens (tertiary/aromatic N) is 5. The summed E-state index contributed by atoms with van der Waals surface area (Å²) in [5.74, 6) is 1.60. The molecule has 5 rings (SSSR count). The number of aryl methyl sites for hydroxylation is 1. The van der Waals surface area contributed by atoms with Gasteiger partial charge in [-0.2, -0.15) is 0 Å². The normalized spacial score (nSPS) is 12.5. The maximum absolute atomic E-state index is 13.3. The van der Waals surface area contributed by atoms with E-state index in [1.165, 1.54) is 6.20 Å². The molecule has 0 unspecified atom stereocenters. The summed E-state index contributed by atoms with van der Waals surface area (Å²) in [6.45, 7) is 4.94. The standard InChI is InChI=1S/C29H27ClN6O3/c1-4-36-26-22(29(38)35(3)23-6-5-12-31-27(23)36)15-19(16-33-26)11-13-39-24-9-8-21(14-18(24)2)34-28(37)20-7-10-25(30)32-17-20/h5-10,12,14-17H,4,11,13H2,1-3H3,(H,34,37). The van der Waals surface area contributed by atoms with E-state index < -0.39 is 0 Å². The van der Waals surface area contributed by atoms with E-state index in [2.05, 4.69) is 20.3 Å². The third-order valence-corrected chi connectivity index (χ3v) is 6.71. The number of carbonyl (C=O) groups is 2. The van der Waals surface area contributed by atoms with Crippen LogP contribution in [0, 0.1) is 6.92 Å². The van der Waals surface area contributed by atoms with Gasteiger partial charge in [-0.05, 0) is 73.5 Å². The van der Waals surface area contributed by atoms with Crippen LogP contribution in [0.25, 0.3) is 0 Å². The van der Waals surface area contributed by atoms with Crippen LogP contribution < -0.4 is 19.9 Å². The second-order valence-electron chi connectivity index (χ2n) is 9.07. The zero-order valence-electron chi connectivity index (χ0n) is 21.8. The Morgan fingerprint density at radius 3 is 2.64 bits per heavy atom. The van der Waals surface area contributed by atoms with E-state index in [1.807, 2.05) is 49.1 Å². The number of nitrogens with one attached hydrogen (secondary N) is 1. The van der Waals surface area contributed by atoms with Crippen LogP contribution in [0.4, 0.5) is 23.0 Å². The zero-order valence-corrected chi connectivity index (χ0v) is 22.6. The number of hydrogen-bond donors (Lipinski definition) is 1. The van der Waals surface area contributed by atoms with E-state index in [9.17, 15) is 9.59 Å². The Morgan fingerprint density at radius 1 is 1.05 bits per heavy atom. The van der Waals surface area contributed by atoms with Crippen molar-refractivity contribution >= 4 is 46.4 Å². The lowest BCUT2D eigenvalue weighted by Crippen LogP contribution is -2.25. The van der Waals surface area contributed by atoms with Gasteiger partial charge in [0.1, 0.15) is 16.7 Å². The summed E-state index contributed by atoms with van der Waals surface area (Å²) in [7, 11) is 1.75. The van der Waals surface area contributed by atoms with E-state index in [0.717, 1.165) is 16.8 Å². The third kappa shape index (κ3) is 5.39. The average Bonchev–Trinajstić information content (AvgIpc) is 3.03. The molecule has 1 aliphatic heterocycles. The molecule has 0 spiro atoms. The van der Waals surface area contributed by atoms with Gasteiger partial charge in [0.15, 0.2) is 5.82 Å². The molecule has 10 heteroatoms. The van der Waals surface area contributed by atoms with Crippen molar-refractivity contribution in [2.45, 2.75) is 20.3 Å². The van der Waals surface area contributed by atoms with Crippen molar-refractivity contribution in [1.82, 2.24) is 15.0 Å². The zero-order chi connectivity index (χ0) is 27.5. The van der Waals surface area contributed by atoms with Crippen LogP contribution in [0.5, 0.6) is 5.75 Å². The molecule has 0 fully saturated rings. The molecule has 0 aliphatic carbocycles. The summed E-state index contributed by atoms with van der Waals surface area (Å²) in [6.07, 6.45) is 5.50. The number of ether oxygens (including phenoxy) is 1. The molecule has 1 N–H and O–H groups in total. The average molecular weight is 543 g/mol. The summed E-state index contributed by atoms with van der Waals surface area (Å²) in [5, 5.41) is 3.18. The predicted molar refractivity (Wildman–Crippen MR) is 151 cm³/mol. The number of carbonyl (C=O) groups excluding carboxylic acids is 2. The van der Waals surface area contributed by atoms with Crippen molar-refractivity contribution in [3.63, 3.8) is 0 Å². The number of rotatable bonds is 7. The van der Waals surface area contributed by atoms with Crippen LogP contribution in [0.1, 0.15) is 38.8 Å². The molecule has 4 aromatic rings. The first-order valence-electron chi connectivity index (χ1n) is 12.5. The first-order chi connectivity index (χ1) is 18.9. The Kier molecular flexibility index (Phi) is 7.42. The van der Waals surface area contributed by atoms with Crippen molar-refractivity contribution in [3.8, 4) is 5.75 Å². The lowest BCUT2D eigenvalue weighted by Gasteiger charge is -2.22. The van der Waals surface area contributed by atoms with Crippen molar-refractivity contribution in [2.24, 2.45) is 0 Å². The Morgan fingerprint density at radius 2 is 1.90 bits per heavy atom. The SMILES string of the molecule is CCN1c2ncc(CCOc3ccc(NC(=O)c4ccc(Cl)nc4)cc3C)cc2C(=O)N(C)c2cccnc21. The topological polar surface area (TPSA) is 101 Å². The van der Waals surface area contributed by atoms with Crippen molar-refractivity contribution in [1.29, 1.82) is 0 Å². The van der Waals surface area contributed by atoms with Gasteiger partial charge in [-0.1, -0.05) is 11.6 Å². The fraction of sp³-hybridized carbons (Fsp3) is 0.207. The van der Waals surface area contributed by atoms with E-state index in [-0.39, 0.29) is 11.8 Å². The number of hydrogen-bond acceptors (Lipinski definition) is 7. The molecule has 0 radical (unpaired) electrons. The number of benzene rings is 1. The van der Waals surface area contributed by atoms with Crippen LogP contribution in [0.15, 0.2) is 67.1 Å². The Balaban J connectivity index is 1.26. The molecule has 9 nitrogen and oxygen atoms in total. The van der Waals surface area contributed by atoms with Crippen LogP contribution in [0.2, 0.25) is 5.15 Å². The predicted octanol–water partition coefficient (Wildman–Crippen LogP) is 5.46. The highest BCUT2D eigenvalue weighted by Crippen LogP contribution is 2.37. The lowest BCUT2D eigenvalue weighted by molar-refractivity contribution is 0.0992. The van der Waals surface area contributed by atoms with Crippen LogP contribution >= 0.6 is 11.6 Å². The number of fused-ring (bicyclic) bond motifs is 2. The number of amides is 2. The molecule has 198 valence electrons. The highest BCUT2D eigenvalue weighted by molar-refractivity contribution is 6.29. The van der Waals surface area contributed by atoms with Gasteiger partial charge in [0, 0.05) is 44.3 Å². The Bertz CT molecular complexity index is 1540. The molecular weight excluding hydrogens is 516 g/mol. The van der Waals surface area contributed by atoms with Gasteiger partial charge >= 0.3 is 0 Å². The summed E-state index contributed by atoms with van der Waals surface area (Å²) >= 11 is 5.79. The summed E-state index contributed by atoms with van der Waals surface area (Å²) < 4.78 is 6.03. The second-order valence-corrected chi connectivity index (χ2v) is 9.46. The largest absolute Gasteiger partial charge is 0.493 e. The fourth-order valence-electron chi connectivity index (χ4n) is 4.44. The van der Waals surface area contributed by atoms with E-state index in [4.69, 9.17) is 16.3 Å². The van der Waals surface area contributed by atoms with Crippen LogP contribution in [0.3, 0.4) is 0 Å². The van der Waals surface area contributed by atoms with Crippen molar-refractivity contribution in [2.75, 3.05) is 35.3 Å². The molecule has 39 heavy (non-hydrogen) atoms. The van der Waals surface area contributed by atoms with Gasteiger partial charge in [-0.25, -0.2) is 15.0 Å². The minimum Gasteiger partial charge on any atom is -0.493 e. The molecule has 2 amide bonds. The van der Waals surface area contributed by atoms with Crippen LogP contribution in [-0.4, -0.2) is 47.0 Å². The highest BCUT2D eigenvalue weighted by Gasteiger charge is 2.30. The fourth-order valence-corrected chi connectivity index (χ4v) is 4.55. The minimum atomic E-state index is -0.274. The van der Waals surface area contributed by atoms with Crippen molar-refractivity contribution in [3.05, 3.63) is 94.5 Å². The molecule has 0 saturated heterocycles. The van der Waals surface area contributed by atoms with Gasteiger partial charge in [-0.3, -0.25) is 9.59 Å². The molecule has 0 atom stereocenters. The molecule has 1 aliphatic rings. The maximum atomic E-state index is 13.3. The highest BCUT2D eigenvalue weighted by atomic mass is 35.5. The minimum absolute atomic E-state index is 0.131.